The van der Waals surface area contributed by atoms with Gasteiger partial charge in [-0.25, -0.2) is 9.29 Å². The Labute approximate surface area is 140 Å². The SMILES string of the molecule is CC(=O)Cc1c([N+](=O)[O-])ccc(N2C(=O)c3ccccc3C2=O)c1F. The highest BCUT2D eigenvalue weighted by molar-refractivity contribution is 6.34. The fourth-order valence-corrected chi connectivity index (χ4v) is 2.77. The molecule has 126 valence electrons. The number of nitro groups is 1. The van der Waals surface area contributed by atoms with Crippen molar-refractivity contribution in [3.63, 3.8) is 0 Å². The number of carbonyl (C=O) groups is 3. The van der Waals surface area contributed by atoms with Crippen molar-refractivity contribution in [3.05, 3.63) is 69.0 Å². The van der Waals surface area contributed by atoms with Crippen molar-refractivity contribution in [3.8, 4) is 0 Å². The molecule has 8 heteroatoms. The van der Waals surface area contributed by atoms with Crippen LogP contribution >= 0.6 is 0 Å². The van der Waals surface area contributed by atoms with Gasteiger partial charge in [0.05, 0.1) is 27.3 Å². The second-order valence-electron chi connectivity index (χ2n) is 5.52. The molecule has 2 aromatic rings. The molecule has 7 nitrogen and oxygen atoms in total. The summed E-state index contributed by atoms with van der Waals surface area (Å²) in [6, 6.07) is 8.01. The van der Waals surface area contributed by atoms with Crippen LogP contribution in [0.2, 0.25) is 0 Å². The van der Waals surface area contributed by atoms with E-state index in [-0.39, 0.29) is 11.1 Å². The van der Waals surface area contributed by atoms with E-state index in [0.717, 1.165) is 19.1 Å². The molecule has 1 aliphatic heterocycles. The molecule has 25 heavy (non-hydrogen) atoms. The van der Waals surface area contributed by atoms with Crippen molar-refractivity contribution in [2.45, 2.75) is 13.3 Å². The zero-order chi connectivity index (χ0) is 18.3. The summed E-state index contributed by atoms with van der Waals surface area (Å²) in [6.45, 7) is 1.16. The first-order valence-corrected chi connectivity index (χ1v) is 7.26. The molecular formula is C17H11FN2O5. The predicted molar refractivity (Wildman–Crippen MR) is 85.0 cm³/mol. The van der Waals surface area contributed by atoms with Gasteiger partial charge in [0.15, 0.2) is 5.82 Å². The van der Waals surface area contributed by atoms with E-state index in [9.17, 15) is 28.9 Å². The maximum absolute atomic E-state index is 14.9. The number of carbonyl (C=O) groups excluding carboxylic acids is 3. The lowest BCUT2D eigenvalue weighted by Crippen LogP contribution is -2.30. The normalized spacial score (nSPS) is 13.1. The van der Waals surface area contributed by atoms with Gasteiger partial charge in [-0.1, -0.05) is 12.1 Å². The van der Waals surface area contributed by atoms with Crippen molar-refractivity contribution in [2.75, 3.05) is 4.90 Å². The number of benzene rings is 2. The summed E-state index contributed by atoms with van der Waals surface area (Å²) in [6.07, 6.45) is -0.515. The molecule has 0 aliphatic carbocycles. The second-order valence-corrected chi connectivity index (χ2v) is 5.52. The number of anilines is 1. The van der Waals surface area contributed by atoms with Gasteiger partial charge in [-0.3, -0.25) is 24.5 Å². The van der Waals surface area contributed by atoms with Gasteiger partial charge in [0.1, 0.15) is 5.78 Å². The number of nitrogens with zero attached hydrogens (tertiary/aromatic N) is 2. The van der Waals surface area contributed by atoms with Gasteiger partial charge in [0.2, 0.25) is 0 Å². The predicted octanol–water partition coefficient (Wildman–Crippen LogP) is 2.67. The summed E-state index contributed by atoms with van der Waals surface area (Å²) in [5.74, 6) is -3.05. The number of hydrogen-bond donors (Lipinski definition) is 0. The summed E-state index contributed by atoms with van der Waals surface area (Å²) < 4.78 is 14.9. The van der Waals surface area contributed by atoms with E-state index < -0.39 is 51.7 Å². The first kappa shape index (κ1) is 16.4. The first-order valence-electron chi connectivity index (χ1n) is 7.26. The number of Topliss-reactive ketones (excluding diaryl/α,β-unsaturated/α-hetero) is 1. The minimum absolute atomic E-state index is 0.123. The van der Waals surface area contributed by atoms with E-state index in [4.69, 9.17) is 0 Å². The van der Waals surface area contributed by atoms with Gasteiger partial charge >= 0.3 is 0 Å². The van der Waals surface area contributed by atoms with Gasteiger partial charge in [-0.05, 0) is 25.1 Å². The minimum atomic E-state index is -1.13. The molecule has 1 heterocycles. The molecule has 0 atom stereocenters. The monoisotopic (exact) mass is 342 g/mol. The fraction of sp³-hybridized carbons (Fsp3) is 0.118. The number of hydrogen-bond acceptors (Lipinski definition) is 5. The standard InChI is InChI=1S/C17H11FN2O5/c1-9(21)8-12-13(20(24)25)6-7-14(15(12)18)19-16(22)10-4-2-3-5-11(10)17(19)23/h2-7H,8H2,1H3. The van der Waals surface area contributed by atoms with Crippen molar-refractivity contribution < 1.29 is 23.7 Å². The van der Waals surface area contributed by atoms with Crippen LogP contribution < -0.4 is 4.90 Å². The molecule has 3 rings (SSSR count). The zero-order valence-electron chi connectivity index (χ0n) is 13.0. The summed E-state index contributed by atoms with van der Waals surface area (Å²) in [4.78, 5) is 47.1. The highest BCUT2D eigenvalue weighted by Gasteiger charge is 2.39. The van der Waals surface area contributed by atoms with E-state index in [2.05, 4.69) is 0 Å². The lowest BCUT2D eigenvalue weighted by atomic mass is 10.0. The van der Waals surface area contributed by atoms with E-state index in [1.165, 1.54) is 12.1 Å². The van der Waals surface area contributed by atoms with Gasteiger partial charge in [-0.2, -0.15) is 0 Å². The Morgan fingerprint density at radius 3 is 2.16 bits per heavy atom. The Bertz CT molecular complexity index is 919. The van der Waals surface area contributed by atoms with Crippen molar-refractivity contribution >= 4 is 29.0 Å². The summed E-state index contributed by atoms with van der Waals surface area (Å²) in [5.41, 5.74) is -1.19. The van der Waals surface area contributed by atoms with Gasteiger partial charge in [-0.15, -0.1) is 0 Å². The molecule has 2 aromatic carbocycles. The average molecular weight is 342 g/mol. The quantitative estimate of drug-likeness (QED) is 0.483. The largest absolute Gasteiger partial charge is 0.300 e. The third-order valence-electron chi connectivity index (χ3n) is 3.86. The van der Waals surface area contributed by atoms with Crippen LogP contribution in [0, 0.1) is 15.9 Å². The average Bonchev–Trinajstić information content (AvgIpc) is 2.81. The van der Waals surface area contributed by atoms with Gasteiger partial charge < -0.3 is 0 Å². The van der Waals surface area contributed by atoms with E-state index in [1.54, 1.807) is 12.1 Å². The smallest absolute Gasteiger partial charge is 0.276 e. The summed E-state index contributed by atoms with van der Waals surface area (Å²) in [7, 11) is 0. The maximum Gasteiger partial charge on any atom is 0.276 e. The lowest BCUT2D eigenvalue weighted by molar-refractivity contribution is -0.385. The van der Waals surface area contributed by atoms with Crippen LogP contribution in [0.25, 0.3) is 0 Å². The number of rotatable bonds is 4. The Kier molecular flexibility index (Phi) is 3.88. The molecule has 0 radical (unpaired) electrons. The third kappa shape index (κ3) is 2.57. The summed E-state index contributed by atoms with van der Waals surface area (Å²) >= 11 is 0. The van der Waals surface area contributed by atoms with E-state index in [1.807, 2.05) is 0 Å². The Morgan fingerprint density at radius 2 is 1.68 bits per heavy atom. The van der Waals surface area contributed by atoms with Crippen molar-refractivity contribution in [2.24, 2.45) is 0 Å². The number of nitro benzene ring substituents is 1. The van der Waals surface area contributed by atoms with Crippen LogP contribution in [0.1, 0.15) is 33.2 Å². The Balaban J connectivity index is 2.16. The molecule has 0 aromatic heterocycles. The molecule has 0 N–H and O–H groups in total. The number of fused-ring (bicyclic) bond motifs is 1. The molecule has 1 aliphatic rings. The number of amides is 2. The third-order valence-corrected chi connectivity index (χ3v) is 3.86. The Hall–Kier alpha value is -3.42. The fourth-order valence-electron chi connectivity index (χ4n) is 2.77. The molecule has 0 saturated heterocycles. The molecule has 0 bridgehead atoms. The molecule has 2 amide bonds. The van der Waals surface area contributed by atoms with Crippen LogP contribution in [0.5, 0.6) is 0 Å². The van der Waals surface area contributed by atoms with E-state index in [0.29, 0.717) is 4.90 Å². The zero-order valence-corrected chi connectivity index (χ0v) is 13.0. The number of halogens is 1. The van der Waals surface area contributed by atoms with Crippen LogP contribution in [0.15, 0.2) is 36.4 Å². The maximum atomic E-state index is 14.9. The first-order chi connectivity index (χ1) is 11.8. The van der Waals surface area contributed by atoms with Crippen LogP contribution in [0.3, 0.4) is 0 Å². The van der Waals surface area contributed by atoms with Crippen LogP contribution in [0.4, 0.5) is 15.8 Å². The van der Waals surface area contributed by atoms with Gasteiger partial charge in [0, 0.05) is 12.5 Å². The van der Waals surface area contributed by atoms with Crippen LogP contribution in [-0.4, -0.2) is 22.5 Å². The summed E-state index contributed by atoms with van der Waals surface area (Å²) in [5, 5.41) is 11.1. The minimum Gasteiger partial charge on any atom is -0.300 e. The highest BCUT2D eigenvalue weighted by atomic mass is 19.1. The van der Waals surface area contributed by atoms with Crippen molar-refractivity contribution in [1.29, 1.82) is 0 Å². The molecular weight excluding hydrogens is 331 g/mol. The molecule has 0 saturated carbocycles. The lowest BCUT2D eigenvalue weighted by Gasteiger charge is -2.16. The van der Waals surface area contributed by atoms with Gasteiger partial charge in [0.25, 0.3) is 17.5 Å². The number of imide groups is 1. The molecule has 0 unspecified atom stereocenters. The van der Waals surface area contributed by atoms with Crippen molar-refractivity contribution in [1.82, 2.24) is 0 Å². The molecule has 0 spiro atoms. The second kappa shape index (κ2) is 5.90. The topological polar surface area (TPSA) is 97.6 Å². The highest BCUT2D eigenvalue weighted by Crippen LogP contribution is 2.34. The molecule has 0 fully saturated rings. The Morgan fingerprint density at radius 1 is 1.12 bits per heavy atom. The number of ketones is 1. The van der Waals surface area contributed by atoms with E-state index >= 15 is 0 Å². The van der Waals surface area contributed by atoms with Crippen LogP contribution in [-0.2, 0) is 11.2 Å².